The summed E-state index contributed by atoms with van der Waals surface area (Å²) in [5.74, 6) is 0.390. The predicted molar refractivity (Wildman–Crippen MR) is 80.0 cm³/mol. The smallest absolute Gasteiger partial charge is 0.304 e. The molecule has 1 atom stereocenters. The molecular weight excluding hydrogens is 298 g/mol. The number of benzene rings is 1. The number of oxazole rings is 1. The van der Waals surface area contributed by atoms with Crippen molar-refractivity contribution < 1.29 is 14.3 Å². The number of hydrogen-bond donors (Lipinski definition) is 1. The molecule has 1 N–H and O–H groups in total. The third-order valence-electron chi connectivity index (χ3n) is 2.62. The van der Waals surface area contributed by atoms with E-state index >= 15 is 0 Å². The van der Waals surface area contributed by atoms with Crippen LogP contribution in [0.4, 0.5) is 0 Å². The van der Waals surface area contributed by atoms with Crippen molar-refractivity contribution in [3.05, 3.63) is 41.2 Å². The third-order valence-corrected chi connectivity index (χ3v) is 4.07. The van der Waals surface area contributed by atoms with Gasteiger partial charge in [0.1, 0.15) is 6.26 Å². The molecule has 106 valence electrons. The van der Waals surface area contributed by atoms with Gasteiger partial charge in [0.25, 0.3) is 0 Å². The molecule has 0 saturated heterocycles. The van der Waals surface area contributed by atoms with Crippen molar-refractivity contribution in [1.29, 1.82) is 0 Å². The monoisotopic (exact) mass is 311 g/mol. The van der Waals surface area contributed by atoms with Crippen LogP contribution in [0.15, 0.2) is 34.9 Å². The second-order valence-corrected chi connectivity index (χ2v) is 6.23. The minimum atomic E-state index is -0.785. The second kappa shape index (κ2) is 6.81. The highest BCUT2D eigenvalue weighted by atomic mass is 35.5. The summed E-state index contributed by atoms with van der Waals surface area (Å²) in [5, 5.41) is 9.41. The predicted octanol–water partition coefficient (Wildman–Crippen LogP) is 4.09. The van der Waals surface area contributed by atoms with Gasteiger partial charge in [-0.3, -0.25) is 4.79 Å². The van der Waals surface area contributed by atoms with Gasteiger partial charge in [-0.2, -0.15) is 11.8 Å². The average Bonchev–Trinajstić information content (AvgIpc) is 2.85. The molecular formula is C14H14ClNO3S. The van der Waals surface area contributed by atoms with Crippen LogP contribution in [0.2, 0.25) is 5.02 Å². The Kier molecular flexibility index (Phi) is 5.09. The topological polar surface area (TPSA) is 63.3 Å². The molecule has 0 aliphatic rings. The van der Waals surface area contributed by atoms with Gasteiger partial charge in [0.15, 0.2) is 0 Å². The van der Waals surface area contributed by atoms with Crippen LogP contribution in [0, 0.1) is 0 Å². The van der Waals surface area contributed by atoms with Gasteiger partial charge in [0.2, 0.25) is 5.89 Å². The van der Waals surface area contributed by atoms with E-state index in [-0.39, 0.29) is 11.7 Å². The maximum absolute atomic E-state index is 10.6. The lowest BCUT2D eigenvalue weighted by molar-refractivity contribution is -0.136. The number of halogens is 1. The number of rotatable bonds is 6. The minimum absolute atomic E-state index is 0.0446. The molecule has 0 saturated carbocycles. The van der Waals surface area contributed by atoms with Gasteiger partial charge >= 0.3 is 5.97 Å². The van der Waals surface area contributed by atoms with E-state index in [1.54, 1.807) is 30.2 Å². The summed E-state index contributed by atoms with van der Waals surface area (Å²) in [6, 6.07) is 7.26. The van der Waals surface area contributed by atoms with Gasteiger partial charge < -0.3 is 9.52 Å². The van der Waals surface area contributed by atoms with Gasteiger partial charge in [-0.15, -0.1) is 0 Å². The zero-order valence-corrected chi connectivity index (χ0v) is 12.4. The summed E-state index contributed by atoms with van der Waals surface area (Å²) in [6.07, 6.45) is 1.75. The van der Waals surface area contributed by atoms with Gasteiger partial charge in [-0.05, 0) is 24.3 Å². The van der Waals surface area contributed by atoms with Crippen LogP contribution in [0.25, 0.3) is 11.5 Å². The van der Waals surface area contributed by atoms with Crippen molar-refractivity contribution in [1.82, 2.24) is 4.98 Å². The molecule has 2 aromatic rings. The SMILES string of the molecule is CC(CC(=O)O)SCc1coc(-c2ccc(Cl)cc2)n1. The Balaban J connectivity index is 1.95. The lowest BCUT2D eigenvalue weighted by Gasteiger charge is -2.05. The lowest BCUT2D eigenvalue weighted by atomic mass is 10.2. The Morgan fingerprint density at radius 2 is 2.15 bits per heavy atom. The Morgan fingerprint density at radius 1 is 1.45 bits per heavy atom. The number of carboxylic acid groups (broad SMARTS) is 1. The van der Waals surface area contributed by atoms with Gasteiger partial charge in [0, 0.05) is 21.6 Å². The van der Waals surface area contributed by atoms with Crippen molar-refractivity contribution in [3.8, 4) is 11.5 Å². The summed E-state index contributed by atoms with van der Waals surface area (Å²) in [4.78, 5) is 15.0. The first kappa shape index (κ1) is 14.9. The van der Waals surface area contributed by atoms with Gasteiger partial charge in [0.05, 0.1) is 12.1 Å². The van der Waals surface area contributed by atoms with Gasteiger partial charge in [-0.25, -0.2) is 4.98 Å². The van der Waals surface area contributed by atoms with E-state index < -0.39 is 5.97 Å². The molecule has 1 heterocycles. The standard InChI is InChI=1S/C14H14ClNO3S/c1-9(6-13(17)18)20-8-12-7-19-14(16-12)10-2-4-11(15)5-3-10/h2-5,7,9H,6,8H2,1H3,(H,17,18). The molecule has 1 aromatic carbocycles. The Morgan fingerprint density at radius 3 is 2.80 bits per heavy atom. The molecule has 2 rings (SSSR count). The number of thioether (sulfide) groups is 1. The third kappa shape index (κ3) is 4.28. The van der Waals surface area contributed by atoms with E-state index in [4.69, 9.17) is 21.1 Å². The molecule has 20 heavy (non-hydrogen) atoms. The summed E-state index contributed by atoms with van der Waals surface area (Å²) in [6.45, 7) is 1.89. The molecule has 0 bridgehead atoms. The number of hydrogen-bond acceptors (Lipinski definition) is 4. The maximum Gasteiger partial charge on any atom is 0.304 e. The van der Waals surface area contributed by atoms with Crippen LogP contribution < -0.4 is 0 Å². The average molecular weight is 312 g/mol. The summed E-state index contributed by atoms with van der Waals surface area (Å²) in [7, 11) is 0. The fraction of sp³-hybridized carbons (Fsp3) is 0.286. The normalized spacial score (nSPS) is 12.3. The first-order valence-electron chi connectivity index (χ1n) is 6.08. The lowest BCUT2D eigenvalue weighted by Crippen LogP contribution is -2.05. The number of carbonyl (C=O) groups is 1. The van der Waals surface area contributed by atoms with Crippen LogP contribution in [0.5, 0.6) is 0 Å². The number of aliphatic carboxylic acids is 1. The van der Waals surface area contributed by atoms with E-state index in [2.05, 4.69) is 4.98 Å². The van der Waals surface area contributed by atoms with Gasteiger partial charge in [-0.1, -0.05) is 18.5 Å². The van der Waals surface area contributed by atoms with Crippen LogP contribution in [0.1, 0.15) is 19.0 Å². The first-order chi connectivity index (χ1) is 9.54. The Hall–Kier alpha value is -1.46. The second-order valence-electron chi connectivity index (χ2n) is 4.37. The van der Waals surface area contributed by atoms with Crippen molar-refractivity contribution >= 4 is 29.3 Å². The largest absolute Gasteiger partial charge is 0.481 e. The summed E-state index contributed by atoms with van der Waals surface area (Å²) < 4.78 is 5.42. The molecule has 4 nitrogen and oxygen atoms in total. The van der Waals surface area contributed by atoms with Crippen LogP contribution in [0.3, 0.4) is 0 Å². The fourth-order valence-electron chi connectivity index (χ4n) is 1.63. The van der Waals surface area contributed by atoms with Crippen molar-refractivity contribution in [2.45, 2.75) is 24.3 Å². The minimum Gasteiger partial charge on any atom is -0.481 e. The zero-order valence-electron chi connectivity index (χ0n) is 10.9. The van der Waals surface area contributed by atoms with E-state index in [0.717, 1.165) is 11.3 Å². The van der Waals surface area contributed by atoms with Crippen LogP contribution >= 0.6 is 23.4 Å². The number of nitrogens with zero attached hydrogens (tertiary/aromatic N) is 1. The summed E-state index contributed by atoms with van der Waals surface area (Å²) >= 11 is 7.37. The molecule has 0 amide bonds. The number of aromatic nitrogens is 1. The van der Waals surface area contributed by atoms with E-state index in [0.29, 0.717) is 16.7 Å². The first-order valence-corrected chi connectivity index (χ1v) is 7.51. The van der Waals surface area contributed by atoms with Crippen LogP contribution in [-0.2, 0) is 10.5 Å². The van der Waals surface area contributed by atoms with E-state index in [1.165, 1.54) is 0 Å². The van der Waals surface area contributed by atoms with Crippen LogP contribution in [-0.4, -0.2) is 21.3 Å². The molecule has 0 spiro atoms. The van der Waals surface area contributed by atoms with E-state index in [1.807, 2.05) is 19.1 Å². The molecule has 0 aliphatic carbocycles. The Labute approximate surface area is 126 Å². The molecule has 0 radical (unpaired) electrons. The molecule has 6 heteroatoms. The highest BCUT2D eigenvalue weighted by Crippen LogP contribution is 2.24. The Bertz CT molecular complexity index is 582. The van der Waals surface area contributed by atoms with Crippen molar-refractivity contribution in [3.63, 3.8) is 0 Å². The highest BCUT2D eigenvalue weighted by molar-refractivity contribution is 7.99. The van der Waals surface area contributed by atoms with E-state index in [9.17, 15) is 4.79 Å². The zero-order chi connectivity index (χ0) is 14.5. The highest BCUT2D eigenvalue weighted by Gasteiger charge is 2.11. The molecule has 1 aromatic heterocycles. The number of carboxylic acids is 1. The molecule has 1 unspecified atom stereocenters. The maximum atomic E-state index is 10.6. The van der Waals surface area contributed by atoms with Crippen molar-refractivity contribution in [2.24, 2.45) is 0 Å². The van der Waals surface area contributed by atoms with Crippen molar-refractivity contribution in [2.75, 3.05) is 0 Å². The fourth-order valence-corrected chi connectivity index (χ4v) is 2.61. The molecule has 0 fully saturated rings. The quantitative estimate of drug-likeness (QED) is 0.870. The molecule has 0 aliphatic heterocycles. The summed E-state index contributed by atoms with van der Waals surface area (Å²) in [5.41, 5.74) is 1.67.